The number of anilines is 2. The summed E-state index contributed by atoms with van der Waals surface area (Å²) in [5.41, 5.74) is 3.11. The van der Waals surface area contributed by atoms with Crippen molar-refractivity contribution in [2.75, 3.05) is 49.1 Å². The van der Waals surface area contributed by atoms with E-state index >= 15 is 0 Å². The molecule has 1 fully saturated rings. The van der Waals surface area contributed by atoms with Crippen LogP contribution in [0, 0.1) is 0 Å². The summed E-state index contributed by atoms with van der Waals surface area (Å²) in [6, 6.07) is 13.3. The van der Waals surface area contributed by atoms with Gasteiger partial charge in [-0.1, -0.05) is 24.3 Å². The van der Waals surface area contributed by atoms with E-state index in [0.29, 0.717) is 36.9 Å². The van der Waals surface area contributed by atoms with Crippen LogP contribution in [0.5, 0.6) is 0 Å². The Bertz CT molecular complexity index is 1110. The zero-order chi connectivity index (χ0) is 23.9. The molecule has 34 heavy (non-hydrogen) atoms. The summed E-state index contributed by atoms with van der Waals surface area (Å²) >= 11 is 1.36. The van der Waals surface area contributed by atoms with Crippen LogP contribution in [-0.4, -0.2) is 56.2 Å². The van der Waals surface area contributed by atoms with E-state index in [1.807, 2.05) is 59.7 Å². The number of carbonyl (C=O) groups excluding carboxylic acids is 2. The van der Waals surface area contributed by atoms with Gasteiger partial charge in [0.2, 0.25) is 0 Å². The number of aromatic nitrogens is 1. The molecule has 7 nitrogen and oxygen atoms in total. The van der Waals surface area contributed by atoms with E-state index in [4.69, 9.17) is 9.47 Å². The maximum atomic E-state index is 13.6. The number of allylic oxidation sites excluding steroid dienone is 1. The van der Waals surface area contributed by atoms with Crippen LogP contribution in [0.25, 0.3) is 6.08 Å². The molecule has 178 valence electrons. The first kappa shape index (κ1) is 24.0. The summed E-state index contributed by atoms with van der Waals surface area (Å²) in [7, 11) is 0. The number of benzene rings is 1. The second-order valence-corrected chi connectivity index (χ2v) is 8.80. The molecule has 1 aromatic heterocycles. The first-order valence-electron chi connectivity index (χ1n) is 11.4. The van der Waals surface area contributed by atoms with E-state index in [9.17, 15) is 9.59 Å². The van der Waals surface area contributed by atoms with Crippen molar-refractivity contribution in [2.45, 2.75) is 19.8 Å². The van der Waals surface area contributed by atoms with Gasteiger partial charge in [0, 0.05) is 13.1 Å². The Kier molecular flexibility index (Phi) is 8.03. The minimum atomic E-state index is -0.330. The Balaban J connectivity index is 1.61. The van der Waals surface area contributed by atoms with Crippen molar-refractivity contribution < 1.29 is 19.1 Å². The van der Waals surface area contributed by atoms with E-state index in [-0.39, 0.29) is 11.9 Å². The Labute approximate surface area is 204 Å². The van der Waals surface area contributed by atoms with Gasteiger partial charge in [0.25, 0.3) is 5.91 Å². The van der Waals surface area contributed by atoms with Crippen molar-refractivity contribution in [3.63, 3.8) is 0 Å². The van der Waals surface area contributed by atoms with Crippen LogP contribution >= 0.6 is 11.8 Å². The molecule has 4 rings (SSSR count). The van der Waals surface area contributed by atoms with Gasteiger partial charge in [-0.3, -0.25) is 4.79 Å². The highest BCUT2D eigenvalue weighted by Gasteiger charge is 2.24. The van der Waals surface area contributed by atoms with Crippen molar-refractivity contribution in [3.8, 4) is 0 Å². The van der Waals surface area contributed by atoms with Crippen LogP contribution in [0.15, 0.2) is 59.0 Å². The topological polar surface area (TPSA) is 72.0 Å². The molecule has 3 heterocycles. The lowest BCUT2D eigenvalue weighted by atomic mass is 10.1. The molecule has 0 aliphatic carbocycles. The number of nitrogens with zero attached hydrogens (tertiary/aromatic N) is 3. The average molecular weight is 480 g/mol. The highest BCUT2D eigenvalue weighted by atomic mass is 32.2. The van der Waals surface area contributed by atoms with Crippen molar-refractivity contribution >= 4 is 41.2 Å². The van der Waals surface area contributed by atoms with Gasteiger partial charge in [0.05, 0.1) is 23.8 Å². The quantitative estimate of drug-likeness (QED) is 0.446. The third-order valence-corrected chi connectivity index (χ3v) is 6.42. The Morgan fingerprint density at radius 1 is 1.18 bits per heavy atom. The molecular formula is C26H29N3O4S. The second-order valence-electron chi connectivity index (χ2n) is 7.95. The molecule has 2 aliphatic rings. The molecule has 1 aromatic carbocycles. The van der Waals surface area contributed by atoms with E-state index < -0.39 is 0 Å². The standard InChI is InChI=1S/C26H29N3O4S/c1-3-33-26(31)23(34-2)17-19-12-14-29(22-10-5-4-8-20(22)16-19)25(30)21-9-6-11-24(27-21)28-13-7-15-32-18-28/h4-6,8-11,16-17H,3,7,12-15,18H2,1-2H3/b23-17-. The number of amides is 1. The largest absolute Gasteiger partial charge is 0.462 e. The zero-order valence-corrected chi connectivity index (χ0v) is 20.3. The Morgan fingerprint density at radius 2 is 2.03 bits per heavy atom. The average Bonchev–Trinajstić information content (AvgIpc) is 3.06. The molecule has 1 saturated heterocycles. The Morgan fingerprint density at radius 3 is 2.79 bits per heavy atom. The number of carbonyl (C=O) groups is 2. The van der Waals surface area contributed by atoms with Crippen LogP contribution in [0.1, 0.15) is 35.8 Å². The van der Waals surface area contributed by atoms with Gasteiger partial charge in [0.1, 0.15) is 18.2 Å². The van der Waals surface area contributed by atoms with Crippen molar-refractivity contribution in [1.82, 2.24) is 4.98 Å². The highest BCUT2D eigenvalue weighted by Crippen LogP contribution is 2.31. The lowest BCUT2D eigenvalue weighted by Gasteiger charge is -2.28. The number of ether oxygens (including phenoxy) is 2. The molecule has 0 saturated carbocycles. The maximum Gasteiger partial charge on any atom is 0.344 e. The van der Waals surface area contributed by atoms with Crippen LogP contribution in [0.3, 0.4) is 0 Å². The first-order chi connectivity index (χ1) is 16.6. The van der Waals surface area contributed by atoms with Crippen LogP contribution in [0.2, 0.25) is 0 Å². The number of esters is 1. The normalized spacial score (nSPS) is 16.4. The van der Waals surface area contributed by atoms with Crippen LogP contribution in [-0.2, 0) is 14.3 Å². The number of fused-ring (bicyclic) bond motifs is 1. The predicted molar refractivity (Wildman–Crippen MR) is 136 cm³/mol. The number of hydrogen-bond acceptors (Lipinski definition) is 7. The molecule has 0 unspecified atom stereocenters. The first-order valence-corrected chi connectivity index (χ1v) is 12.7. The number of rotatable bonds is 6. The summed E-state index contributed by atoms with van der Waals surface area (Å²) in [5, 5.41) is 0. The Hall–Kier alpha value is -3.10. The predicted octanol–water partition coefficient (Wildman–Crippen LogP) is 4.51. The SMILES string of the molecule is CCOC(=O)/C(=C/C1=Cc2ccccc2N(C(=O)c2cccc(N3CCCOC3)n2)CC1)SC. The van der Waals surface area contributed by atoms with Crippen molar-refractivity contribution in [2.24, 2.45) is 0 Å². The van der Waals surface area contributed by atoms with Crippen molar-refractivity contribution in [3.05, 3.63) is 70.3 Å². The molecule has 2 aromatic rings. The molecule has 0 bridgehead atoms. The van der Waals surface area contributed by atoms with E-state index in [2.05, 4.69) is 4.98 Å². The lowest BCUT2D eigenvalue weighted by Crippen LogP contribution is -2.35. The van der Waals surface area contributed by atoms with Gasteiger partial charge < -0.3 is 19.3 Å². The number of para-hydroxylation sites is 1. The fourth-order valence-corrected chi connectivity index (χ4v) is 4.51. The molecule has 0 spiro atoms. The third-order valence-electron chi connectivity index (χ3n) is 5.69. The molecule has 0 N–H and O–H groups in total. The molecule has 0 radical (unpaired) electrons. The number of pyridine rings is 1. The fraction of sp³-hybridized carbons (Fsp3) is 0.346. The van der Waals surface area contributed by atoms with E-state index in [0.717, 1.165) is 42.2 Å². The third kappa shape index (κ3) is 5.51. The summed E-state index contributed by atoms with van der Waals surface area (Å²) in [5.74, 6) is 0.264. The molecule has 1 amide bonds. The molecule has 0 atom stereocenters. The van der Waals surface area contributed by atoms with Crippen LogP contribution in [0.4, 0.5) is 11.5 Å². The minimum absolute atomic E-state index is 0.152. The zero-order valence-electron chi connectivity index (χ0n) is 19.5. The van der Waals surface area contributed by atoms with Gasteiger partial charge in [-0.2, -0.15) is 0 Å². The number of hydrogen-bond donors (Lipinski definition) is 0. The summed E-state index contributed by atoms with van der Waals surface area (Å²) in [6.07, 6.45) is 7.29. The highest BCUT2D eigenvalue weighted by molar-refractivity contribution is 8.03. The van der Waals surface area contributed by atoms with Gasteiger partial charge in [0.15, 0.2) is 0 Å². The lowest BCUT2D eigenvalue weighted by molar-refractivity contribution is -0.137. The molecule has 2 aliphatic heterocycles. The van der Waals surface area contributed by atoms with Gasteiger partial charge in [-0.05, 0) is 67.5 Å². The summed E-state index contributed by atoms with van der Waals surface area (Å²) < 4.78 is 10.7. The molecule has 8 heteroatoms. The number of thioether (sulfide) groups is 1. The van der Waals surface area contributed by atoms with Gasteiger partial charge in [-0.15, -0.1) is 11.8 Å². The second kappa shape index (κ2) is 11.4. The fourth-order valence-electron chi connectivity index (χ4n) is 4.02. The van der Waals surface area contributed by atoms with Gasteiger partial charge in [-0.25, -0.2) is 9.78 Å². The van der Waals surface area contributed by atoms with Crippen molar-refractivity contribution in [1.29, 1.82) is 0 Å². The van der Waals surface area contributed by atoms with Gasteiger partial charge >= 0.3 is 5.97 Å². The maximum absolute atomic E-state index is 13.6. The summed E-state index contributed by atoms with van der Waals surface area (Å²) in [4.78, 5) is 34.9. The molecular weight excluding hydrogens is 450 g/mol. The van der Waals surface area contributed by atoms with Crippen LogP contribution < -0.4 is 9.80 Å². The smallest absolute Gasteiger partial charge is 0.344 e. The van der Waals surface area contributed by atoms with E-state index in [1.54, 1.807) is 17.9 Å². The minimum Gasteiger partial charge on any atom is -0.462 e. The van der Waals surface area contributed by atoms with E-state index in [1.165, 1.54) is 11.8 Å². The monoisotopic (exact) mass is 479 g/mol. The summed E-state index contributed by atoms with van der Waals surface area (Å²) in [6.45, 7) is 4.68.